The Labute approximate surface area is 123 Å². The van der Waals surface area contributed by atoms with Crippen molar-refractivity contribution in [3.05, 3.63) is 28.0 Å². The first-order chi connectivity index (χ1) is 9.00. The number of hydrogen-bond donors (Lipinski definition) is 1. The zero-order valence-electron chi connectivity index (χ0n) is 9.68. The smallest absolute Gasteiger partial charge is 0.327 e. The van der Waals surface area contributed by atoms with E-state index < -0.39 is 17.9 Å². The summed E-state index contributed by atoms with van der Waals surface area (Å²) in [6.45, 7) is 0.352. The van der Waals surface area contributed by atoms with E-state index in [1.807, 2.05) is 0 Å². The number of hydrogen-bond acceptors (Lipinski definition) is 4. The van der Waals surface area contributed by atoms with Crippen molar-refractivity contribution in [2.75, 3.05) is 18.1 Å². The number of halogens is 2. The van der Waals surface area contributed by atoms with E-state index in [0.29, 0.717) is 18.1 Å². The number of rotatable bonds is 2. The maximum atomic E-state index is 12.3. The molecule has 1 amide bonds. The summed E-state index contributed by atoms with van der Waals surface area (Å²) in [5, 5.41) is 9.45. The predicted octanol–water partition coefficient (Wildman–Crippen LogP) is 2.03. The molecule has 0 aliphatic carbocycles. The number of nitrogens with zero attached hydrogens (tertiary/aromatic N) is 2. The number of carbonyl (C=O) groups excluding carboxylic acids is 1. The van der Waals surface area contributed by atoms with Gasteiger partial charge in [-0.15, -0.1) is 0 Å². The first-order valence-electron chi connectivity index (χ1n) is 5.44. The van der Waals surface area contributed by atoms with Crippen LogP contribution >= 0.6 is 35.0 Å². The number of pyridine rings is 1. The topological polar surface area (TPSA) is 70.5 Å². The fourth-order valence-electron chi connectivity index (χ4n) is 1.76. The summed E-state index contributed by atoms with van der Waals surface area (Å²) < 4.78 is 0. The van der Waals surface area contributed by atoms with E-state index in [1.165, 1.54) is 28.8 Å². The molecule has 0 spiro atoms. The van der Waals surface area contributed by atoms with Crippen LogP contribution in [0, 0.1) is 0 Å². The van der Waals surface area contributed by atoms with Crippen LogP contribution in [0.1, 0.15) is 10.5 Å². The normalized spacial score (nSPS) is 19.3. The molecular formula is C11H10Cl2N2O3S. The average molecular weight is 321 g/mol. The first-order valence-corrected chi connectivity index (χ1v) is 7.35. The number of carboxylic acids is 1. The van der Waals surface area contributed by atoms with E-state index in [1.54, 1.807) is 0 Å². The Hall–Kier alpha value is -0.980. The van der Waals surface area contributed by atoms with Crippen LogP contribution in [0.15, 0.2) is 12.1 Å². The quantitative estimate of drug-likeness (QED) is 0.844. The maximum absolute atomic E-state index is 12.3. The van der Waals surface area contributed by atoms with Gasteiger partial charge in [0.1, 0.15) is 16.9 Å². The number of aromatic nitrogens is 1. The number of amides is 1. The summed E-state index contributed by atoms with van der Waals surface area (Å²) in [6.07, 6.45) is 0. The lowest BCUT2D eigenvalue weighted by molar-refractivity contribution is -0.141. The lowest BCUT2D eigenvalue weighted by atomic mass is 10.2. The molecule has 1 aromatic heterocycles. The molecule has 0 saturated carbocycles. The molecule has 2 rings (SSSR count). The Balaban J connectivity index is 2.31. The Morgan fingerprint density at radius 3 is 2.84 bits per heavy atom. The fourth-order valence-corrected chi connectivity index (χ4v) is 3.13. The van der Waals surface area contributed by atoms with Crippen molar-refractivity contribution in [1.82, 2.24) is 9.88 Å². The van der Waals surface area contributed by atoms with E-state index >= 15 is 0 Å². The van der Waals surface area contributed by atoms with Crippen LogP contribution in [0.3, 0.4) is 0 Å². The molecule has 1 atom stereocenters. The lowest BCUT2D eigenvalue weighted by Crippen LogP contribution is -2.50. The van der Waals surface area contributed by atoms with Gasteiger partial charge in [-0.05, 0) is 12.1 Å². The molecule has 2 heterocycles. The first kappa shape index (κ1) is 14.4. The van der Waals surface area contributed by atoms with Crippen molar-refractivity contribution >= 4 is 46.8 Å². The molecule has 1 N–H and O–H groups in total. The van der Waals surface area contributed by atoms with E-state index in [2.05, 4.69) is 4.98 Å². The highest BCUT2D eigenvalue weighted by Crippen LogP contribution is 2.23. The highest BCUT2D eigenvalue weighted by atomic mass is 35.5. The molecule has 1 aliphatic heterocycles. The van der Waals surface area contributed by atoms with Crippen LogP contribution in [0.5, 0.6) is 0 Å². The van der Waals surface area contributed by atoms with Gasteiger partial charge >= 0.3 is 5.97 Å². The summed E-state index contributed by atoms with van der Waals surface area (Å²) in [6, 6.07) is 2.09. The molecule has 1 fully saturated rings. The molecule has 0 bridgehead atoms. The van der Waals surface area contributed by atoms with Gasteiger partial charge in [0, 0.05) is 18.1 Å². The van der Waals surface area contributed by atoms with Gasteiger partial charge in [0.15, 0.2) is 0 Å². The molecule has 5 nitrogen and oxygen atoms in total. The summed E-state index contributed by atoms with van der Waals surface area (Å²) in [7, 11) is 0. The maximum Gasteiger partial charge on any atom is 0.327 e. The monoisotopic (exact) mass is 320 g/mol. The minimum absolute atomic E-state index is 0.00711. The molecule has 19 heavy (non-hydrogen) atoms. The van der Waals surface area contributed by atoms with Crippen LogP contribution in [0.25, 0.3) is 0 Å². The van der Waals surface area contributed by atoms with E-state index in [9.17, 15) is 9.59 Å². The van der Waals surface area contributed by atoms with Crippen molar-refractivity contribution in [1.29, 1.82) is 0 Å². The zero-order valence-corrected chi connectivity index (χ0v) is 12.0. The predicted molar refractivity (Wildman–Crippen MR) is 74.0 cm³/mol. The second kappa shape index (κ2) is 5.98. The van der Waals surface area contributed by atoms with Crippen molar-refractivity contribution in [3.63, 3.8) is 0 Å². The van der Waals surface area contributed by atoms with Crippen LogP contribution in [0.4, 0.5) is 0 Å². The van der Waals surface area contributed by atoms with Gasteiger partial charge in [-0.3, -0.25) is 4.79 Å². The van der Waals surface area contributed by atoms with Crippen molar-refractivity contribution in [2.24, 2.45) is 0 Å². The van der Waals surface area contributed by atoms with Crippen LogP contribution in [0.2, 0.25) is 10.2 Å². The van der Waals surface area contributed by atoms with Crippen LogP contribution < -0.4 is 0 Å². The van der Waals surface area contributed by atoms with Gasteiger partial charge in [0.05, 0.1) is 5.02 Å². The van der Waals surface area contributed by atoms with Crippen molar-refractivity contribution < 1.29 is 14.7 Å². The van der Waals surface area contributed by atoms with E-state index in [-0.39, 0.29) is 15.9 Å². The van der Waals surface area contributed by atoms with Gasteiger partial charge in [-0.2, -0.15) is 11.8 Å². The molecular weight excluding hydrogens is 311 g/mol. The largest absolute Gasteiger partial charge is 0.480 e. The minimum atomic E-state index is -1.03. The number of carboxylic acid groups (broad SMARTS) is 1. The third kappa shape index (κ3) is 3.13. The summed E-state index contributed by atoms with van der Waals surface area (Å²) in [5.74, 6) is -0.480. The second-order valence-electron chi connectivity index (χ2n) is 3.89. The summed E-state index contributed by atoms with van der Waals surface area (Å²) >= 11 is 13.2. The Morgan fingerprint density at radius 2 is 2.16 bits per heavy atom. The highest BCUT2D eigenvalue weighted by molar-refractivity contribution is 7.99. The Morgan fingerprint density at radius 1 is 1.42 bits per heavy atom. The summed E-state index contributed by atoms with van der Waals surface area (Å²) in [4.78, 5) is 28.7. The Bertz CT molecular complexity index is 527. The number of thioether (sulfide) groups is 1. The van der Waals surface area contributed by atoms with Gasteiger partial charge < -0.3 is 10.0 Å². The molecule has 102 valence electrons. The second-order valence-corrected chi connectivity index (χ2v) is 5.84. The number of aliphatic carboxylic acids is 1. The minimum Gasteiger partial charge on any atom is -0.480 e. The third-order valence-corrected chi connectivity index (χ3v) is 4.23. The van der Waals surface area contributed by atoms with Gasteiger partial charge in [-0.1, -0.05) is 23.2 Å². The van der Waals surface area contributed by atoms with Crippen LogP contribution in [-0.4, -0.2) is 51.0 Å². The molecule has 1 saturated heterocycles. The molecule has 8 heteroatoms. The van der Waals surface area contributed by atoms with E-state index in [4.69, 9.17) is 28.3 Å². The van der Waals surface area contributed by atoms with Gasteiger partial charge in [0.25, 0.3) is 5.91 Å². The Kier molecular flexibility index (Phi) is 4.54. The standard InChI is InChI=1S/C11H10Cl2N2O3S/c12-6-1-2-8(13)14-9(6)10(16)15-3-4-19-5-7(15)11(17)18/h1-2,7H,3-5H2,(H,17,18). The van der Waals surface area contributed by atoms with Crippen LogP contribution in [-0.2, 0) is 4.79 Å². The molecule has 1 unspecified atom stereocenters. The zero-order chi connectivity index (χ0) is 14.0. The van der Waals surface area contributed by atoms with Crippen molar-refractivity contribution in [3.8, 4) is 0 Å². The fraction of sp³-hybridized carbons (Fsp3) is 0.364. The molecule has 0 radical (unpaired) electrons. The molecule has 1 aromatic rings. The lowest BCUT2D eigenvalue weighted by Gasteiger charge is -2.32. The summed E-state index contributed by atoms with van der Waals surface area (Å²) in [5.41, 5.74) is -0.00711. The molecule has 1 aliphatic rings. The van der Waals surface area contributed by atoms with Gasteiger partial charge in [-0.25, -0.2) is 9.78 Å². The third-order valence-electron chi connectivity index (χ3n) is 2.69. The number of carbonyl (C=O) groups is 2. The molecule has 0 aromatic carbocycles. The van der Waals surface area contributed by atoms with E-state index in [0.717, 1.165) is 0 Å². The van der Waals surface area contributed by atoms with Crippen molar-refractivity contribution in [2.45, 2.75) is 6.04 Å². The highest BCUT2D eigenvalue weighted by Gasteiger charge is 2.34. The van der Waals surface area contributed by atoms with Gasteiger partial charge in [0.2, 0.25) is 0 Å². The SMILES string of the molecule is O=C(O)C1CSCCN1C(=O)c1nc(Cl)ccc1Cl. The average Bonchev–Trinajstić information content (AvgIpc) is 2.40.